The van der Waals surface area contributed by atoms with E-state index in [0.29, 0.717) is 5.92 Å². The van der Waals surface area contributed by atoms with Gasteiger partial charge in [0.2, 0.25) is 0 Å². The van der Waals surface area contributed by atoms with Gasteiger partial charge in [-0.05, 0) is 23.5 Å². The normalized spacial score (nSPS) is 37.9. The summed E-state index contributed by atoms with van der Waals surface area (Å²) in [7, 11) is 6.24. The number of fused-ring (bicyclic) bond motifs is 1. The molecule has 0 aromatic carbocycles. The molecule has 0 radical (unpaired) electrons. The van der Waals surface area contributed by atoms with Crippen LogP contribution in [0.4, 0.5) is 0 Å². The first-order chi connectivity index (χ1) is 6.89. The first kappa shape index (κ1) is 10.9. The van der Waals surface area contributed by atoms with Gasteiger partial charge in [-0.3, -0.25) is 0 Å². The molecule has 2 atom stereocenters. The second kappa shape index (κ2) is 3.18. The molecule has 0 aliphatic heterocycles. The molecule has 2 rings (SSSR count). The number of hydrogen-bond donors (Lipinski definition) is 1. The van der Waals surface area contributed by atoms with Crippen molar-refractivity contribution in [2.24, 2.45) is 5.92 Å². The quantitative estimate of drug-likeness (QED) is 0.502. The number of allylic oxidation sites excluding steroid dienone is 4. The van der Waals surface area contributed by atoms with Crippen LogP contribution in [0, 0.1) is 5.92 Å². The summed E-state index contributed by atoms with van der Waals surface area (Å²) in [5.74, 6) is 0.415. The molecule has 0 bridgehead atoms. The lowest BCUT2D eigenvalue weighted by atomic mass is 9.40. The van der Waals surface area contributed by atoms with Crippen LogP contribution in [0.1, 0.15) is 13.3 Å². The van der Waals surface area contributed by atoms with E-state index in [4.69, 9.17) is 0 Å². The van der Waals surface area contributed by atoms with Crippen molar-refractivity contribution >= 4 is 23.5 Å². The Morgan fingerprint density at radius 1 is 1.40 bits per heavy atom. The van der Waals surface area contributed by atoms with Gasteiger partial charge in [-0.2, -0.15) is 0 Å². The standard InChI is InChI=1S/C11H17B3O/c1-7-8-5-3-2-4-6-9(8)11(14,15)10(7,12)13/h2,4-7,15H,3,12-14H2,1H3. The van der Waals surface area contributed by atoms with Gasteiger partial charge in [0.1, 0.15) is 23.5 Å². The van der Waals surface area contributed by atoms with Crippen molar-refractivity contribution in [3.63, 3.8) is 0 Å². The minimum absolute atomic E-state index is 0.0875. The third-order valence-electron chi connectivity index (χ3n) is 4.51. The van der Waals surface area contributed by atoms with Gasteiger partial charge < -0.3 is 5.11 Å². The summed E-state index contributed by atoms with van der Waals surface area (Å²) in [6.07, 6.45) is 9.49. The maximum Gasteiger partial charge on any atom is 0.147 e. The Kier molecular flexibility index (Phi) is 2.31. The van der Waals surface area contributed by atoms with E-state index < -0.39 is 5.50 Å². The zero-order valence-electron chi connectivity index (χ0n) is 10.0. The van der Waals surface area contributed by atoms with Gasteiger partial charge in [-0.25, -0.2) is 0 Å². The van der Waals surface area contributed by atoms with E-state index in [1.807, 2.05) is 7.85 Å². The Bertz CT molecular complexity index is 377. The lowest BCUT2D eigenvalue weighted by Gasteiger charge is -2.37. The molecular formula is C11H17B3O. The van der Waals surface area contributed by atoms with Crippen molar-refractivity contribution in [2.45, 2.75) is 24.1 Å². The molecule has 1 N–H and O–H groups in total. The SMILES string of the molecule is BC1(O)C2=CC=CCC=C2C(C)C1(B)B. The molecule has 0 aromatic rings. The van der Waals surface area contributed by atoms with E-state index in [0.717, 1.165) is 12.0 Å². The van der Waals surface area contributed by atoms with Gasteiger partial charge in [0.25, 0.3) is 0 Å². The van der Waals surface area contributed by atoms with Gasteiger partial charge in [-0.15, -0.1) is 0 Å². The van der Waals surface area contributed by atoms with Gasteiger partial charge in [-0.1, -0.05) is 36.4 Å². The number of rotatable bonds is 0. The Morgan fingerprint density at radius 3 is 2.73 bits per heavy atom. The van der Waals surface area contributed by atoms with Crippen molar-refractivity contribution in [3.8, 4) is 0 Å². The molecule has 0 amide bonds. The molecular weight excluding hydrogens is 181 g/mol. The molecule has 2 aliphatic rings. The van der Waals surface area contributed by atoms with Crippen LogP contribution in [-0.2, 0) is 0 Å². The number of hydrogen-bond acceptors (Lipinski definition) is 1. The Hall–Kier alpha value is -0.625. The molecule has 0 heterocycles. The van der Waals surface area contributed by atoms with Crippen molar-refractivity contribution in [1.82, 2.24) is 0 Å². The summed E-state index contributed by atoms with van der Waals surface area (Å²) in [6.45, 7) is 2.21. The predicted molar refractivity (Wildman–Crippen MR) is 72.4 cm³/mol. The van der Waals surface area contributed by atoms with Crippen molar-refractivity contribution in [2.75, 3.05) is 0 Å². The average Bonchev–Trinajstić information content (AvgIpc) is 2.41. The summed E-state index contributed by atoms with van der Waals surface area (Å²) in [5, 5.41) is 10.6. The monoisotopic (exact) mass is 198 g/mol. The van der Waals surface area contributed by atoms with Gasteiger partial charge >= 0.3 is 0 Å². The van der Waals surface area contributed by atoms with Gasteiger partial charge in [0, 0.05) is 5.50 Å². The summed E-state index contributed by atoms with van der Waals surface area (Å²) in [6, 6.07) is 0. The molecule has 4 heteroatoms. The smallest absolute Gasteiger partial charge is 0.147 e. The fraction of sp³-hybridized carbons (Fsp3) is 0.455. The molecule has 2 unspecified atom stereocenters. The first-order valence-corrected chi connectivity index (χ1v) is 5.69. The maximum atomic E-state index is 10.7. The van der Waals surface area contributed by atoms with Crippen LogP contribution in [-0.4, -0.2) is 34.1 Å². The molecule has 76 valence electrons. The summed E-state index contributed by atoms with van der Waals surface area (Å²) in [5.41, 5.74) is 1.72. The fourth-order valence-corrected chi connectivity index (χ4v) is 2.65. The van der Waals surface area contributed by atoms with E-state index in [1.165, 1.54) is 5.57 Å². The maximum absolute atomic E-state index is 10.7. The predicted octanol–water partition coefficient (Wildman–Crippen LogP) is -0.847. The van der Waals surface area contributed by atoms with Gasteiger partial charge in [0.05, 0.1) is 0 Å². The second-order valence-corrected chi connectivity index (χ2v) is 5.42. The van der Waals surface area contributed by atoms with E-state index in [1.54, 1.807) is 0 Å². The summed E-state index contributed by atoms with van der Waals surface area (Å²) in [4.78, 5) is 0. The largest absolute Gasteiger partial charge is 0.395 e. The highest BCUT2D eigenvalue weighted by Crippen LogP contribution is 2.56. The van der Waals surface area contributed by atoms with Crippen LogP contribution in [0.2, 0.25) is 5.21 Å². The van der Waals surface area contributed by atoms with Gasteiger partial charge in [0.15, 0.2) is 0 Å². The third kappa shape index (κ3) is 1.31. The molecule has 2 aliphatic carbocycles. The van der Waals surface area contributed by atoms with Crippen LogP contribution in [0.25, 0.3) is 0 Å². The molecule has 1 nitrogen and oxygen atoms in total. The Balaban J connectivity index is 2.60. The van der Waals surface area contributed by atoms with Crippen LogP contribution in [0.3, 0.4) is 0 Å². The summed E-state index contributed by atoms with van der Waals surface area (Å²) >= 11 is 0. The first-order valence-electron chi connectivity index (χ1n) is 5.69. The van der Waals surface area contributed by atoms with Crippen molar-refractivity contribution in [1.29, 1.82) is 0 Å². The lowest BCUT2D eigenvalue weighted by molar-refractivity contribution is 0.151. The Labute approximate surface area is 94.6 Å². The van der Waals surface area contributed by atoms with Crippen LogP contribution in [0.15, 0.2) is 35.5 Å². The zero-order valence-corrected chi connectivity index (χ0v) is 10.0. The van der Waals surface area contributed by atoms with Crippen LogP contribution < -0.4 is 0 Å². The highest BCUT2D eigenvalue weighted by molar-refractivity contribution is 6.46. The Morgan fingerprint density at radius 2 is 2.07 bits per heavy atom. The highest BCUT2D eigenvalue weighted by Gasteiger charge is 2.53. The van der Waals surface area contributed by atoms with E-state index >= 15 is 0 Å². The molecule has 1 fully saturated rings. The molecule has 0 spiro atoms. The lowest BCUT2D eigenvalue weighted by Crippen LogP contribution is -2.43. The topological polar surface area (TPSA) is 20.2 Å². The molecule has 0 aromatic heterocycles. The number of aliphatic hydroxyl groups is 1. The van der Waals surface area contributed by atoms with Crippen LogP contribution in [0.5, 0.6) is 0 Å². The third-order valence-corrected chi connectivity index (χ3v) is 4.51. The highest BCUT2D eigenvalue weighted by atomic mass is 16.3. The van der Waals surface area contributed by atoms with Crippen molar-refractivity contribution < 1.29 is 5.11 Å². The van der Waals surface area contributed by atoms with E-state index in [2.05, 4.69) is 46.9 Å². The minimum Gasteiger partial charge on any atom is -0.395 e. The molecule has 0 saturated heterocycles. The van der Waals surface area contributed by atoms with E-state index in [-0.39, 0.29) is 5.21 Å². The second-order valence-electron chi connectivity index (χ2n) is 5.42. The zero-order chi connectivity index (χ0) is 11.3. The van der Waals surface area contributed by atoms with E-state index in [9.17, 15) is 5.11 Å². The fourth-order valence-electron chi connectivity index (χ4n) is 2.65. The van der Waals surface area contributed by atoms with Crippen molar-refractivity contribution in [3.05, 3.63) is 35.5 Å². The summed E-state index contributed by atoms with van der Waals surface area (Å²) < 4.78 is 0. The molecule has 1 saturated carbocycles. The van der Waals surface area contributed by atoms with Crippen LogP contribution >= 0.6 is 0 Å². The molecule has 15 heavy (non-hydrogen) atoms. The minimum atomic E-state index is -0.715. The average molecular weight is 198 g/mol.